The van der Waals surface area contributed by atoms with Crippen LogP contribution in [-0.2, 0) is 0 Å². The molecule has 0 saturated carbocycles. The molecule has 1 amide bonds. The lowest BCUT2D eigenvalue weighted by atomic mass is 10.2. The lowest BCUT2D eigenvalue weighted by molar-refractivity contribution is 0.102. The largest absolute Gasteiger partial charge is 0.397 e. The number of hydrogen-bond donors (Lipinski definition) is 2. The number of hydrogen-bond acceptors (Lipinski definition) is 5. The van der Waals surface area contributed by atoms with Gasteiger partial charge in [0, 0.05) is 18.0 Å². The molecule has 98 valence electrons. The first-order chi connectivity index (χ1) is 9.72. The van der Waals surface area contributed by atoms with Gasteiger partial charge in [0.25, 0.3) is 5.91 Å². The summed E-state index contributed by atoms with van der Waals surface area (Å²) in [5.41, 5.74) is 8.00. The number of pyridine rings is 1. The van der Waals surface area contributed by atoms with Crippen molar-refractivity contribution < 1.29 is 4.79 Å². The molecule has 0 fully saturated rings. The van der Waals surface area contributed by atoms with E-state index in [2.05, 4.69) is 20.3 Å². The monoisotopic (exact) mass is 265 g/mol. The zero-order valence-electron chi connectivity index (χ0n) is 10.4. The van der Waals surface area contributed by atoms with Crippen LogP contribution in [-0.4, -0.2) is 20.9 Å². The highest BCUT2D eigenvalue weighted by Gasteiger charge is 2.08. The normalized spacial score (nSPS) is 10.4. The molecule has 3 rings (SSSR count). The summed E-state index contributed by atoms with van der Waals surface area (Å²) in [7, 11) is 0. The Balaban J connectivity index is 1.86. The summed E-state index contributed by atoms with van der Waals surface area (Å²) in [5.74, 6) is 0.193. The van der Waals surface area contributed by atoms with Crippen LogP contribution in [0.1, 0.15) is 10.4 Å². The molecule has 0 bridgehead atoms. The van der Waals surface area contributed by atoms with E-state index in [9.17, 15) is 4.79 Å². The summed E-state index contributed by atoms with van der Waals surface area (Å²) in [5, 5.41) is 2.70. The van der Waals surface area contributed by atoms with Crippen molar-refractivity contribution in [2.75, 3.05) is 11.1 Å². The van der Waals surface area contributed by atoms with E-state index in [0.29, 0.717) is 22.6 Å². The SMILES string of the molecule is Nc1ccc(NC(=O)c2ccc3nccnc3c2)nc1. The zero-order chi connectivity index (χ0) is 13.9. The van der Waals surface area contributed by atoms with Crippen LogP contribution in [0.5, 0.6) is 0 Å². The summed E-state index contributed by atoms with van der Waals surface area (Å²) >= 11 is 0. The number of fused-ring (bicyclic) bond motifs is 1. The second kappa shape index (κ2) is 4.93. The number of aromatic nitrogens is 3. The van der Waals surface area contributed by atoms with Crippen LogP contribution >= 0.6 is 0 Å². The van der Waals surface area contributed by atoms with Crippen molar-refractivity contribution in [2.45, 2.75) is 0 Å². The van der Waals surface area contributed by atoms with Gasteiger partial charge in [0.2, 0.25) is 0 Å². The van der Waals surface area contributed by atoms with Gasteiger partial charge in [-0.25, -0.2) is 4.98 Å². The summed E-state index contributed by atoms with van der Waals surface area (Å²) < 4.78 is 0. The Bertz CT molecular complexity index is 770. The molecule has 0 saturated heterocycles. The molecule has 0 unspecified atom stereocenters. The van der Waals surface area contributed by atoms with Crippen molar-refractivity contribution in [2.24, 2.45) is 0 Å². The molecule has 20 heavy (non-hydrogen) atoms. The maximum atomic E-state index is 12.1. The molecule has 0 spiro atoms. The van der Waals surface area contributed by atoms with Gasteiger partial charge in [0.15, 0.2) is 0 Å². The van der Waals surface area contributed by atoms with Gasteiger partial charge >= 0.3 is 0 Å². The fourth-order valence-corrected chi connectivity index (χ4v) is 1.77. The maximum Gasteiger partial charge on any atom is 0.256 e. The number of nitrogens with two attached hydrogens (primary N) is 1. The Kier molecular flexibility index (Phi) is 2.96. The van der Waals surface area contributed by atoms with Crippen molar-refractivity contribution in [3.63, 3.8) is 0 Å². The third kappa shape index (κ3) is 2.39. The number of nitrogens with one attached hydrogen (secondary N) is 1. The van der Waals surface area contributed by atoms with Crippen LogP contribution in [0.3, 0.4) is 0 Å². The van der Waals surface area contributed by atoms with Gasteiger partial charge in [-0.05, 0) is 30.3 Å². The molecule has 0 radical (unpaired) electrons. The van der Waals surface area contributed by atoms with E-state index in [0.717, 1.165) is 5.52 Å². The van der Waals surface area contributed by atoms with E-state index >= 15 is 0 Å². The quantitative estimate of drug-likeness (QED) is 0.737. The Labute approximate surface area is 114 Å². The molecule has 0 aliphatic heterocycles. The highest BCUT2D eigenvalue weighted by atomic mass is 16.1. The van der Waals surface area contributed by atoms with Crippen molar-refractivity contribution in [3.8, 4) is 0 Å². The molecule has 0 atom stereocenters. The molecule has 6 heteroatoms. The van der Waals surface area contributed by atoms with E-state index in [-0.39, 0.29) is 5.91 Å². The number of rotatable bonds is 2. The first-order valence-electron chi connectivity index (χ1n) is 5.96. The first-order valence-corrected chi connectivity index (χ1v) is 5.96. The maximum absolute atomic E-state index is 12.1. The molecular weight excluding hydrogens is 254 g/mol. The van der Waals surface area contributed by atoms with Crippen LogP contribution in [0, 0.1) is 0 Å². The van der Waals surface area contributed by atoms with E-state index in [1.54, 1.807) is 42.7 Å². The van der Waals surface area contributed by atoms with Crippen LogP contribution in [0.25, 0.3) is 11.0 Å². The number of carbonyl (C=O) groups is 1. The van der Waals surface area contributed by atoms with Crippen LogP contribution in [0.4, 0.5) is 11.5 Å². The minimum atomic E-state index is -0.255. The van der Waals surface area contributed by atoms with Gasteiger partial charge in [0.05, 0.1) is 22.9 Å². The average molecular weight is 265 g/mol. The second-order valence-electron chi connectivity index (χ2n) is 4.19. The van der Waals surface area contributed by atoms with Crippen LogP contribution in [0.15, 0.2) is 48.9 Å². The average Bonchev–Trinajstić information content (AvgIpc) is 2.49. The number of amides is 1. The molecule has 2 aromatic heterocycles. The smallest absolute Gasteiger partial charge is 0.256 e. The summed E-state index contributed by atoms with van der Waals surface area (Å²) in [6.07, 6.45) is 4.69. The Morgan fingerprint density at radius 3 is 2.55 bits per heavy atom. The Morgan fingerprint density at radius 1 is 1.00 bits per heavy atom. The highest BCUT2D eigenvalue weighted by molar-refractivity contribution is 6.05. The zero-order valence-corrected chi connectivity index (χ0v) is 10.4. The third-order valence-corrected chi connectivity index (χ3v) is 2.76. The summed E-state index contributed by atoms with van der Waals surface area (Å²) in [6, 6.07) is 8.47. The minimum Gasteiger partial charge on any atom is -0.397 e. The molecule has 0 aliphatic rings. The van der Waals surface area contributed by atoms with Crippen molar-refractivity contribution in [1.82, 2.24) is 15.0 Å². The molecule has 3 N–H and O–H groups in total. The molecule has 6 nitrogen and oxygen atoms in total. The van der Waals surface area contributed by atoms with Gasteiger partial charge in [-0.15, -0.1) is 0 Å². The Hall–Kier alpha value is -3.02. The standard InChI is InChI=1S/C14H11N5O/c15-10-2-4-13(18-8-10)19-14(20)9-1-3-11-12(7-9)17-6-5-16-11/h1-8H,15H2,(H,18,19,20). The predicted molar refractivity (Wildman–Crippen MR) is 76.1 cm³/mol. The predicted octanol–water partition coefficient (Wildman–Crippen LogP) is 1.86. The van der Waals surface area contributed by atoms with Gasteiger partial charge in [-0.2, -0.15) is 0 Å². The number of nitrogens with zero attached hydrogens (tertiary/aromatic N) is 3. The van der Waals surface area contributed by atoms with E-state index < -0.39 is 0 Å². The van der Waals surface area contributed by atoms with E-state index in [1.165, 1.54) is 6.20 Å². The Morgan fingerprint density at radius 2 is 1.80 bits per heavy atom. The van der Waals surface area contributed by atoms with Crippen molar-refractivity contribution in [3.05, 3.63) is 54.5 Å². The topological polar surface area (TPSA) is 93.8 Å². The van der Waals surface area contributed by atoms with Crippen molar-refractivity contribution >= 4 is 28.4 Å². The fraction of sp³-hybridized carbons (Fsp3) is 0. The molecule has 1 aromatic carbocycles. The molecule has 2 heterocycles. The number of carbonyl (C=O) groups excluding carboxylic acids is 1. The van der Waals surface area contributed by atoms with Gasteiger partial charge in [-0.1, -0.05) is 0 Å². The highest BCUT2D eigenvalue weighted by Crippen LogP contribution is 2.13. The van der Waals surface area contributed by atoms with Gasteiger partial charge < -0.3 is 11.1 Å². The number of benzene rings is 1. The fourth-order valence-electron chi connectivity index (χ4n) is 1.77. The number of nitrogen functional groups attached to an aromatic ring is 1. The van der Waals surface area contributed by atoms with E-state index in [4.69, 9.17) is 5.73 Å². The molecule has 0 aliphatic carbocycles. The first kappa shape index (κ1) is 12.0. The second-order valence-corrected chi connectivity index (χ2v) is 4.19. The van der Waals surface area contributed by atoms with E-state index in [1.807, 2.05) is 0 Å². The number of anilines is 2. The van der Waals surface area contributed by atoms with Crippen molar-refractivity contribution in [1.29, 1.82) is 0 Å². The van der Waals surface area contributed by atoms with Crippen LogP contribution < -0.4 is 11.1 Å². The molecule has 3 aromatic rings. The van der Waals surface area contributed by atoms with Gasteiger partial charge in [0.1, 0.15) is 5.82 Å². The molecular formula is C14H11N5O. The lowest BCUT2D eigenvalue weighted by Crippen LogP contribution is -2.13. The summed E-state index contributed by atoms with van der Waals surface area (Å²) in [6.45, 7) is 0. The van der Waals surface area contributed by atoms with Crippen LogP contribution in [0.2, 0.25) is 0 Å². The summed E-state index contributed by atoms with van der Waals surface area (Å²) in [4.78, 5) is 24.5. The lowest BCUT2D eigenvalue weighted by Gasteiger charge is -2.05. The van der Waals surface area contributed by atoms with Gasteiger partial charge in [-0.3, -0.25) is 14.8 Å². The minimum absolute atomic E-state index is 0.255. The third-order valence-electron chi connectivity index (χ3n) is 2.76.